The van der Waals surface area contributed by atoms with Crippen LogP contribution >= 0.6 is 0 Å². The molecule has 0 saturated heterocycles. The first-order chi connectivity index (χ1) is 9.77. The Morgan fingerprint density at radius 3 is 2.67 bits per heavy atom. The van der Waals surface area contributed by atoms with Crippen LogP contribution in [0.3, 0.4) is 0 Å². The first-order valence-electron chi connectivity index (χ1n) is 5.62. The molecule has 0 fully saturated rings. The topological polar surface area (TPSA) is 149 Å². The highest BCUT2D eigenvalue weighted by Gasteiger charge is 2.26. The smallest absolute Gasteiger partial charge is 0.363 e. The van der Waals surface area contributed by atoms with Crippen LogP contribution in [0.15, 0.2) is 23.2 Å². The van der Waals surface area contributed by atoms with Gasteiger partial charge in [0.15, 0.2) is 6.20 Å². The van der Waals surface area contributed by atoms with E-state index in [0.29, 0.717) is 0 Å². The zero-order chi connectivity index (χ0) is 16.0. The van der Waals surface area contributed by atoms with Gasteiger partial charge >= 0.3 is 11.8 Å². The summed E-state index contributed by atoms with van der Waals surface area (Å²) in [5.41, 5.74) is 0. The van der Waals surface area contributed by atoms with Crippen molar-refractivity contribution < 1.29 is 28.0 Å². The number of carbonyl (C=O) groups is 1. The summed E-state index contributed by atoms with van der Waals surface area (Å²) >= 11 is 0. The van der Waals surface area contributed by atoms with E-state index in [9.17, 15) is 23.3 Å². The Labute approximate surface area is 120 Å². The number of methoxy groups -OCH3 is 1. The molecule has 1 unspecified atom stereocenters. The molecule has 1 atom stereocenters. The quantitative estimate of drug-likeness (QED) is 0.492. The van der Waals surface area contributed by atoms with Crippen molar-refractivity contribution in [3.8, 4) is 0 Å². The Bertz CT molecular complexity index is 614. The van der Waals surface area contributed by atoms with Crippen molar-refractivity contribution in [3.05, 3.63) is 28.4 Å². The molecule has 1 aromatic rings. The van der Waals surface area contributed by atoms with Crippen LogP contribution in [0.4, 0.5) is 5.82 Å². The number of hydrogen-bond donors (Lipinski definition) is 2. The summed E-state index contributed by atoms with van der Waals surface area (Å²) in [7, 11) is -2.79. The number of rotatable bonds is 8. The third kappa shape index (κ3) is 4.73. The van der Waals surface area contributed by atoms with Crippen LogP contribution in [0.2, 0.25) is 0 Å². The van der Waals surface area contributed by atoms with Gasteiger partial charge in [-0.15, -0.1) is 0 Å². The molecule has 0 amide bonds. The van der Waals surface area contributed by atoms with E-state index < -0.39 is 32.8 Å². The SMILES string of the molecule is COCCC(NS(=O)(=O)c1ccc([N+](=O)[O-])nc1)C(=O)O. The molecule has 11 heteroatoms. The molecule has 1 rings (SSSR count). The van der Waals surface area contributed by atoms with Crippen LogP contribution in [-0.4, -0.2) is 49.2 Å². The molecular weight excluding hydrogens is 306 g/mol. The van der Waals surface area contributed by atoms with Crippen molar-refractivity contribution in [2.45, 2.75) is 17.4 Å². The van der Waals surface area contributed by atoms with Gasteiger partial charge in [-0.1, -0.05) is 0 Å². The summed E-state index contributed by atoms with van der Waals surface area (Å²) in [6.07, 6.45) is 0.723. The van der Waals surface area contributed by atoms with Crippen molar-refractivity contribution in [1.82, 2.24) is 9.71 Å². The van der Waals surface area contributed by atoms with Crippen molar-refractivity contribution in [2.24, 2.45) is 0 Å². The lowest BCUT2D eigenvalue weighted by molar-refractivity contribution is -0.389. The molecule has 0 saturated carbocycles. The predicted molar refractivity (Wildman–Crippen MR) is 69.1 cm³/mol. The van der Waals surface area contributed by atoms with Crippen molar-refractivity contribution >= 4 is 21.8 Å². The first kappa shape index (κ1) is 16.9. The lowest BCUT2D eigenvalue weighted by Gasteiger charge is -2.13. The molecule has 116 valence electrons. The summed E-state index contributed by atoms with van der Waals surface area (Å²) in [6.45, 7) is 0.0536. The van der Waals surface area contributed by atoms with E-state index in [1.54, 1.807) is 0 Å². The van der Waals surface area contributed by atoms with Crippen LogP contribution in [-0.2, 0) is 19.6 Å². The maximum Gasteiger partial charge on any atom is 0.363 e. The standard InChI is InChI=1S/C10H13N3O7S/c1-20-5-4-8(10(14)15)12-21(18,19)7-2-3-9(11-6-7)13(16)17/h2-3,6,8,12H,4-5H2,1H3,(H,14,15). The number of sulfonamides is 1. The van der Waals surface area contributed by atoms with E-state index in [4.69, 9.17) is 9.84 Å². The molecule has 0 spiro atoms. The van der Waals surface area contributed by atoms with Crippen molar-refractivity contribution in [2.75, 3.05) is 13.7 Å². The van der Waals surface area contributed by atoms with Crippen LogP contribution in [0.1, 0.15) is 6.42 Å². The second-order valence-electron chi connectivity index (χ2n) is 3.90. The van der Waals surface area contributed by atoms with Gasteiger partial charge in [0, 0.05) is 19.8 Å². The lowest BCUT2D eigenvalue weighted by Crippen LogP contribution is -2.41. The fraction of sp³-hybridized carbons (Fsp3) is 0.400. The number of nitrogens with one attached hydrogen (secondary N) is 1. The van der Waals surface area contributed by atoms with Gasteiger partial charge in [0.2, 0.25) is 10.0 Å². The molecule has 0 radical (unpaired) electrons. The van der Waals surface area contributed by atoms with E-state index >= 15 is 0 Å². The number of aliphatic carboxylic acids is 1. The average Bonchev–Trinajstić information content (AvgIpc) is 2.43. The predicted octanol–water partition coefficient (Wildman–Crippen LogP) is -0.242. The van der Waals surface area contributed by atoms with Gasteiger partial charge in [-0.3, -0.25) is 4.79 Å². The fourth-order valence-corrected chi connectivity index (χ4v) is 2.53. The third-order valence-corrected chi connectivity index (χ3v) is 3.88. The molecule has 21 heavy (non-hydrogen) atoms. The van der Waals surface area contributed by atoms with Crippen LogP contribution < -0.4 is 4.72 Å². The Morgan fingerprint density at radius 1 is 1.57 bits per heavy atom. The van der Waals surface area contributed by atoms with Gasteiger partial charge in [-0.2, -0.15) is 4.72 Å². The second-order valence-corrected chi connectivity index (χ2v) is 5.62. The molecule has 0 aliphatic rings. The summed E-state index contributed by atoms with van der Waals surface area (Å²) in [5.74, 6) is -1.87. The maximum absolute atomic E-state index is 12.0. The number of carboxylic acids is 1. The Balaban J connectivity index is 2.93. The van der Waals surface area contributed by atoms with Crippen molar-refractivity contribution in [3.63, 3.8) is 0 Å². The number of hydrogen-bond acceptors (Lipinski definition) is 7. The molecule has 1 heterocycles. The second kappa shape index (κ2) is 7.06. The van der Waals surface area contributed by atoms with Crippen LogP contribution in [0.25, 0.3) is 0 Å². The Morgan fingerprint density at radius 2 is 2.24 bits per heavy atom. The highest BCUT2D eigenvalue weighted by atomic mass is 32.2. The van der Waals surface area contributed by atoms with E-state index in [2.05, 4.69) is 4.98 Å². The van der Waals surface area contributed by atoms with Crippen LogP contribution in [0.5, 0.6) is 0 Å². The van der Waals surface area contributed by atoms with Crippen LogP contribution in [0, 0.1) is 10.1 Å². The largest absolute Gasteiger partial charge is 0.480 e. The number of nitrogens with zero attached hydrogens (tertiary/aromatic N) is 2. The number of pyridine rings is 1. The van der Waals surface area contributed by atoms with Gasteiger partial charge < -0.3 is 20.0 Å². The fourth-order valence-electron chi connectivity index (χ4n) is 1.36. The van der Waals surface area contributed by atoms with Gasteiger partial charge in [0.05, 0.1) is 0 Å². The van der Waals surface area contributed by atoms with Gasteiger partial charge in [0.25, 0.3) is 0 Å². The Kier molecular flexibility index (Phi) is 5.69. The number of ether oxygens (including phenoxy) is 1. The molecule has 0 aliphatic heterocycles. The average molecular weight is 319 g/mol. The summed E-state index contributed by atoms with van der Waals surface area (Å²) in [5, 5.41) is 19.4. The van der Waals surface area contributed by atoms with E-state index in [1.807, 2.05) is 4.72 Å². The third-order valence-electron chi connectivity index (χ3n) is 2.42. The number of aromatic nitrogens is 1. The van der Waals surface area contributed by atoms with Gasteiger partial charge in [0.1, 0.15) is 10.9 Å². The lowest BCUT2D eigenvalue weighted by atomic mass is 10.2. The normalized spacial score (nSPS) is 12.8. The van der Waals surface area contributed by atoms with Crippen molar-refractivity contribution in [1.29, 1.82) is 0 Å². The molecule has 0 bridgehead atoms. The maximum atomic E-state index is 12.0. The minimum absolute atomic E-state index is 0.0536. The van der Waals surface area contributed by atoms with E-state index in [0.717, 1.165) is 18.3 Å². The minimum Gasteiger partial charge on any atom is -0.480 e. The van der Waals surface area contributed by atoms with E-state index in [-0.39, 0.29) is 17.9 Å². The first-order valence-corrected chi connectivity index (χ1v) is 7.10. The zero-order valence-electron chi connectivity index (χ0n) is 10.9. The van der Waals surface area contributed by atoms with Gasteiger partial charge in [-0.05, 0) is 22.4 Å². The summed E-state index contributed by atoms with van der Waals surface area (Å²) in [4.78, 5) is 23.6. The van der Waals surface area contributed by atoms with E-state index in [1.165, 1.54) is 7.11 Å². The summed E-state index contributed by atoms with van der Waals surface area (Å²) < 4.78 is 30.6. The molecule has 10 nitrogen and oxygen atoms in total. The highest BCUT2D eigenvalue weighted by molar-refractivity contribution is 7.89. The summed E-state index contributed by atoms with van der Waals surface area (Å²) in [6, 6.07) is 0.521. The van der Waals surface area contributed by atoms with Gasteiger partial charge in [-0.25, -0.2) is 8.42 Å². The molecule has 1 aromatic heterocycles. The highest BCUT2D eigenvalue weighted by Crippen LogP contribution is 2.13. The zero-order valence-corrected chi connectivity index (χ0v) is 11.7. The molecule has 0 aromatic carbocycles. The minimum atomic E-state index is -4.15. The number of carboxylic acid groups (broad SMARTS) is 1. The molecular formula is C10H13N3O7S. The molecule has 0 aliphatic carbocycles. The Hall–Kier alpha value is -2.11. The molecule has 2 N–H and O–H groups in total. The monoisotopic (exact) mass is 319 g/mol. The number of nitro groups is 1.